The minimum atomic E-state index is -0.552. The SMILES string of the molecule is CCCOC(=O)OCCC.O=C1COCCO1. The van der Waals surface area contributed by atoms with E-state index in [1.165, 1.54) is 0 Å². The van der Waals surface area contributed by atoms with E-state index in [2.05, 4.69) is 14.2 Å². The highest BCUT2D eigenvalue weighted by atomic mass is 16.7. The first kappa shape index (κ1) is 15.7. The van der Waals surface area contributed by atoms with Crippen LogP contribution in [0.1, 0.15) is 26.7 Å². The van der Waals surface area contributed by atoms with Crippen LogP contribution < -0.4 is 0 Å². The second-order valence-electron chi connectivity index (χ2n) is 3.22. The van der Waals surface area contributed by atoms with Crippen LogP contribution in [0.4, 0.5) is 4.79 Å². The van der Waals surface area contributed by atoms with Gasteiger partial charge in [0, 0.05) is 0 Å². The predicted molar refractivity (Wildman–Crippen MR) is 59.7 cm³/mol. The molecule has 1 fully saturated rings. The number of ether oxygens (including phenoxy) is 4. The van der Waals surface area contributed by atoms with E-state index in [0.717, 1.165) is 12.8 Å². The zero-order valence-corrected chi connectivity index (χ0v) is 10.4. The molecule has 0 spiro atoms. The normalized spacial score (nSPS) is 14.1. The molecule has 0 aromatic carbocycles. The monoisotopic (exact) mass is 248 g/mol. The van der Waals surface area contributed by atoms with Crippen LogP contribution in [0.3, 0.4) is 0 Å². The van der Waals surface area contributed by atoms with E-state index in [4.69, 9.17) is 4.74 Å². The lowest BCUT2D eigenvalue weighted by molar-refractivity contribution is -0.159. The van der Waals surface area contributed by atoms with E-state index >= 15 is 0 Å². The quantitative estimate of drug-likeness (QED) is 0.702. The number of carbonyl (C=O) groups excluding carboxylic acids is 2. The average Bonchev–Trinajstić information content (AvgIpc) is 2.35. The summed E-state index contributed by atoms with van der Waals surface area (Å²) >= 11 is 0. The first-order valence-electron chi connectivity index (χ1n) is 5.73. The molecule has 0 aromatic heterocycles. The first-order chi connectivity index (χ1) is 8.20. The molecule has 0 unspecified atom stereocenters. The summed E-state index contributed by atoms with van der Waals surface area (Å²) < 4.78 is 18.5. The van der Waals surface area contributed by atoms with Crippen LogP contribution in [0, 0.1) is 0 Å². The van der Waals surface area contributed by atoms with Crippen LogP contribution in [0.5, 0.6) is 0 Å². The fraction of sp³-hybridized carbons (Fsp3) is 0.818. The summed E-state index contributed by atoms with van der Waals surface area (Å²) in [5, 5.41) is 0. The minimum Gasteiger partial charge on any atom is -0.462 e. The molecule has 1 heterocycles. The summed E-state index contributed by atoms with van der Waals surface area (Å²) in [6.45, 7) is 5.86. The fourth-order valence-corrected chi connectivity index (χ4v) is 0.824. The molecular formula is C11H20O6. The van der Waals surface area contributed by atoms with E-state index in [1.807, 2.05) is 13.8 Å². The van der Waals surface area contributed by atoms with Gasteiger partial charge >= 0.3 is 12.1 Å². The van der Waals surface area contributed by atoms with E-state index in [0.29, 0.717) is 26.4 Å². The number of rotatable bonds is 4. The maximum absolute atomic E-state index is 10.5. The van der Waals surface area contributed by atoms with Crippen molar-refractivity contribution < 1.29 is 28.5 Å². The van der Waals surface area contributed by atoms with Crippen molar-refractivity contribution in [1.82, 2.24) is 0 Å². The molecule has 100 valence electrons. The van der Waals surface area contributed by atoms with Crippen LogP contribution in [-0.2, 0) is 23.7 Å². The molecule has 1 rings (SSSR count). The van der Waals surface area contributed by atoms with E-state index in [-0.39, 0.29) is 12.6 Å². The molecule has 0 amide bonds. The Labute approximate surface area is 101 Å². The predicted octanol–water partition coefficient (Wildman–Crippen LogP) is 1.52. The van der Waals surface area contributed by atoms with Crippen LogP contribution in [0.15, 0.2) is 0 Å². The van der Waals surface area contributed by atoms with Crippen molar-refractivity contribution in [2.45, 2.75) is 26.7 Å². The summed E-state index contributed by atoms with van der Waals surface area (Å²) in [4.78, 5) is 20.6. The average molecular weight is 248 g/mol. The molecule has 0 aromatic rings. The van der Waals surface area contributed by atoms with Gasteiger partial charge in [-0.2, -0.15) is 0 Å². The molecule has 17 heavy (non-hydrogen) atoms. The first-order valence-corrected chi connectivity index (χ1v) is 5.73. The molecule has 0 aliphatic carbocycles. The van der Waals surface area contributed by atoms with E-state index < -0.39 is 6.16 Å². The summed E-state index contributed by atoms with van der Waals surface area (Å²) in [5.74, 6) is -0.258. The molecule has 6 nitrogen and oxygen atoms in total. The van der Waals surface area contributed by atoms with Crippen LogP contribution >= 0.6 is 0 Å². The van der Waals surface area contributed by atoms with Crippen LogP contribution in [0.2, 0.25) is 0 Å². The summed E-state index contributed by atoms with van der Waals surface area (Å²) in [5.41, 5.74) is 0. The summed E-state index contributed by atoms with van der Waals surface area (Å²) in [6.07, 6.45) is 1.12. The maximum atomic E-state index is 10.5. The Hall–Kier alpha value is -1.30. The third kappa shape index (κ3) is 11.0. The lowest BCUT2D eigenvalue weighted by Gasteiger charge is -2.09. The van der Waals surface area contributed by atoms with Gasteiger partial charge < -0.3 is 18.9 Å². The smallest absolute Gasteiger partial charge is 0.462 e. The largest absolute Gasteiger partial charge is 0.508 e. The van der Waals surface area contributed by atoms with Gasteiger partial charge in [0.05, 0.1) is 19.8 Å². The highest BCUT2D eigenvalue weighted by Gasteiger charge is 2.06. The van der Waals surface area contributed by atoms with E-state index in [1.54, 1.807) is 0 Å². The number of hydrogen-bond acceptors (Lipinski definition) is 6. The molecule has 1 saturated heterocycles. The van der Waals surface area contributed by atoms with Crippen molar-refractivity contribution in [1.29, 1.82) is 0 Å². The molecule has 1 aliphatic heterocycles. The zero-order valence-electron chi connectivity index (χ0n) is 10.4. The Morgan fingerprint density at radius 3 is 2.06 bits per heavy atom. The molecule has 6 heteroatoms. The van der Waals surface area contributed by atoms with Gasteiger partial charge in [-0.3, -0.25) is 0 Å². The highest BCUT2D eigenvalue weighted by molar-refractivity contribution is 5.71. The van der Waals surface area contributed by atoms with Gasteiger partial charge in [0.1, 0.15) is 13.2 Å². The van der Waals surface area contributed by atoms with E-state index in [9.17, 15) is 9.59 Å². The van der Waals surface area contributed by atoms with Gasteiger partial charge in [0.2, 0.25) is 0 Å². The van der Waals surface area contributed by atoms with Crippen LogP contribution in [-0.4, -0.2) is 45.2 Å². The zero-order chi connectivity index (χ0) is 12.9. The number of hydrogen-bond donors (Lipinski definition) is 0. The van der Waals surface area contributed by atoms with Gasteiger partial charge in [-0.1, -0.05) is 13.8 Å². The van der Waals surface area contributed by atoms with Gasteiger partial charge in [0.15, 0.2) is 0 Å². The maximum Gasteiger partial charge on any atom is 0.508 e. The molecule has 0 radical (unpaired) electrons. The van der Waals surface area contributed by atoms with Gasteiger partial charge in [-0.05, 0) is 12.8 Å². The van der Waals surface area contributed by atoms with Crippen molar-refractivity contribution in [3.63, 3.8) is 0 Å². The topological polar surface area (TPSA) is 71.1 Å². The van der Waals surface area contributed by atoms with Gasteiger partial charge in [0.25, 0.3) is 0 Å². The Kier molecular flexibility index (Phi) is 10.3. The second kappa shape index (κ2) is 11.2. The van der Waals surface area contributed by atoms with Gasteiger partial charge in [-0.15, -0.1) is 0 Å². The lowest BCUT2D eigenvalue weighted by atomic mass is 10.5. The number of esters is 1. The molecule has 0 saturated carbocycles. The molecule has 0 bridgehead atoms. The molecular weight excluding hydrogens is 228 g/mol. The Balaban J connectivity index is 0.000000318. The Morgan fingerprint density at radius 1 is 1.18 bits per heavy atom. The van der Waals surface area contributed by atoms with Crippen molar-refractivity contribution in [3.05, 3.63) is 0 Å². The molecule has 0 atom stereocenters. The molecule has 0 N–H and O–H groups in total. The van der Waals surface area contributed by atoms with Crippen molar-refractivity contribution >= 4 is 12.1 Å². The van der Waals surface area contributed by atoms with Crippen molar-refractivity contribution in [3.8, 4) is 0 Å². The number of cyclic esters (lactones) is 1. The molecule has 1 aliphatic rings. The standard InChI is InChI=1S/C7H14O3.C4H6O3/c1-3-5-9-7(8)10-6-4-2;5-4-3-6-1-2-7-4/h3-6H2,1-2H3;1-3H2. The summed E-state index contributed by atoms with van der Waals surface area (Å²) in [6, 6.07) is 0. The van der Waals surface area contributed by atoms with Crippen LogP contribution in [0.25, 0.3) is 0 Å². The highest BCUT2D eigenvalue weighted by Crippen LogP contribution is 1.89. The van der Waals surface area contributed by atoms with Gasteiger partial charge in [-0.25, -0.2) is 9.59 Å². The fourth-order valence-electron chi connectivity index (χ4n) is 0.824. The third-order valence-electron chi connectivity index (χ3n) is 1.56. The third-order valence-corrected chi connectivity index (χ3v) is 1.56. The van der Waals surface area contributed by atoms with Crippen molar-refractivity contribution in [2.24, 2.45) is 0 Å². The number of carbonyl (C=O) groups is 2. The Bertz CT molecular complexity index is 198. The summed E-state index contributed by atoms with van der Waals surface area (Å²) in [7, 11) is 0. The second-order valence-corrected chi connectivity index (χ2v) is 3.22. The minimum absolute atomic E-state index is 0.125. The lowest BCUT2D eigenvalue weighted by Crippen LogP contribution is -2.22. The van der Waals surface area contributed by atoms with Crippen molar-refractivity contribution in [2.75, 3.05) is 33.0 Å². The Morgan fingerprint density at radius 2 is 1.76 bits per heavy atom.